The number of anilines is 1. The van der Waals surface area contributed by atoms with Crippen molar-refractivity contribution in [3.05, 3.63) is 59.7 Å². The molecule has 1 amide bonds. The van der Waals surface area contributed by atoms with E-state index >= 15 is 0 Å². The van der Waals surface area contributed by atoms with E-state index in [-0.39, 0.29) is 11.7 Å². The minimum Gasteiger partial charge on any atom is -0.325 e. The van der Waals surface area contributed by atoms with Crippen molar-refractivity contribution in [2.24, 2.45) is 7.05 Å². The first kappa shape index (κ1) is 18.7. The summed E-state index contributed by atoms with van der Waals surface area (Å²) < 4.78 is 1.90. The molecule has 27 heavy (non-hydrogen) atoms. The van der Waals surface area contributed by atoms with Gasteiger partial charge in [-0.1, -0.05) is 48.2 Å². The van der Waals surface area contributed by atoms with Gasteiger partial charge in [0.15, 0.2) is 11.0 Å². The van der Waals surface area contributed by atoms with Crippen LogP contribution in [0.4, 0.5) is 5.69 Å². The summed E-state index contributed by atoms with van der Waals surface area (Å²) >= 11 is 1.34. The summed E-state index contributed by atoms with van der Waals surface area (Å²) in [5.41, 5.74) is 3.79. The average Bonchev–Trinajstić information content (AvgIpc) is 3.03. The van der Waals surface area contributed by atoms with Crippen LogP contribution in [0, 0.1) is 18.3 Å². The fourth-order valence-corrected chi connectivity index (χ4v) is 3.33. The van der Waals surface area contributed by atoms with Crippen LogP contribution in [-0.2, 0) is 18.3 Å². The van der Waals surface area contributed by atoms with Crippen LogP contribution in [0.3, 0.4) is 0 Å². The average molecular weight is 377 g/mol. The van der Waals surface area contributed by atoms with E-state index in [0.717, 1.165) is 22.5 Å². The molecule has 0 aliphatic rings. The first-order valence-electron chi connectivity index (χ1n) is 8.42. The maximum Gasteiger partial charge on any atom is 0.234 e. The fraction of sp³-hybridized carbons (Fsp3) is 0.200. The second-order valence-corrected chi connectivity index (χ2v) is 6.99. The van der Waals surface area contributed by atoms with Gasteiger partial charge in [0.1, 0.15) is 0 Å². The molecule has 6 nitrogen and oxygen atoms in total. The number of nitriles is 1. The molecule has 1 N–H and O–H groups in total. The lowest BCUT2D eigenvalue weighted by Gasteiger charge is -2.07. The molecule has 0 bridgehead atoms. The summed E-state index contributed by atoms with van der Waals surface area (Å²) in [5.74, 6) is 0.900. The topological polar surface area (TPSA) is 83.6 Å². The number of benzene rings is 2. The molecule has 0 atom stereocenters. The van der Waals surface area contributed by atoms with Gasteiger partial charge in [0.25, 0.3) is 0 Å². The lowest BCUT2D eigenvalue weighted by Crippen LogP contribution is -2.14. The molecule has 0 saturated heterocycles. The molecule has 0 aliphatic heterocycles. The minimum absolute atomic E-state index is 0.117. The third-order valence-corrected chi connectivity index (χ3v) is 5.09. The highest BCUT2D eigenvalue weighted by molar-refractivity contribution is 7.99. The summed E-state index contributed by atoms with van der Waals surface area (Å²) in [7, 11) is 1.90. The number of aromatic nitrogens is 3. The number of nitrogens with one attached hydrogen (secondary N) is 1. The Balaban J connectivity index is 1.61. The molecule has 0 spiro atoms. The Morgan fingerprint density at radius 1 is 1.19 bits per heavy atom. The van der Waals surface area contributed by atoms with Crippen LogP contribution in [-0.4, -0.2) is 26.4 Å². The second-order valence-electron chi connectivity index (χ2n) is 6.05. The number of rotatable bonds is 6. The molecule has 0 fully saturated rings. The van der Waals surface area contributed by atoms with Crippen LogP contribution in [0.1, 0.15) is 11.1 Å². The zero-order valence-electron chi connectivity index (χ0n) is 15.1. The van der Waals surface area contributed by atoms with Gasteiger partial charge >= 0.3 is 0 Å². The number of carbonyl (C=O) groups is 1. The molecular weight excluding hydrogens is 358 g/mol. The van der Waals surface area contributed by atoms with Crippen LogP contribution in [0.15, 0.2) is 53.7 Å². The third-order valence-electron chi connectivity index (χ3n) is 4.07. The van der Waals surface area contributed by atoms with Crippen LogP contribution in [0.5, 0.6) is 0 Å². The number of nitrogens with zero attached hydrogens (tertiary/aromatic N) is 4. The molecular formula is C20H19N5OS. The van der Waals surface area contributed by atoms with Crippen LogP contribution in [0.2, 0.25) is 0 Å². The lowest BCUT2D eigenvalue weighted by molar-refractivity contribution is -0.113. The Labute approximate surface area is 162 Å². The molecule has 136 valence electrons. The number of amides is 1. The highest BCUT2D eigenvalue weighted by Gasteiger charge is 2.14. The van der Waals surface area contributed by atoms with Gasteiger partial charge in [-0.3, -0.25) is 4.79 Å². The predicted molar refractivity (Wildman–Crippen MR) is 106 cm³/mol. The smallest absolute Gasteiger partial charge is 0.234 e. The largest absolute Gasteiger partial charge is 0.325 e. The first-order valence-corrected chi connectivity index (χ1v) is 9.41. The van der Waals surface area contributed by atoms with Gasteiger partial charge in [-0.25, -0.2) is 0 Å². The molecule has 7 heteroatoms. The highest BCUT2D eigenvalue weighted by atomic mass is 32.2. The summed E-state index contributed by atoms with van der Waals surface area (Å²) in [4.78, 5) is 12.2. The van der Waals surface area contributed by atoms with E-state index in [0.29, 0.717) is 17.3 Å². The van der Waals surface area contributed by atoms with Crippen molar-refractivity contribution >= 4 is 23.4 Å². The number of carbonyl (C=O) groups excluding carboxylic acids is 1. The SMILES string of the molecule is Cc1ccccc1-c1nnc(SCC(=O)Nc2ccc(CC#N)cc2)n1C. The van der Waals surface area contributed by atoms with E-state index in [1.54, 1.807) is 12.1 Å². The Hall–Kier alpha value is -3.11. The maximum atomic E-state index is 12.2. The van der Waals surface area contributed by atoms with Crippen molar-refractivity contribution in [2.45, 2.75) is 18.5 Å². The van der Waals surface area contributed by atoms with E-state index in [4.69, 9.17) is 5.26 Å². The molecule has 2 aromatic carbocycles. The van der Waals surface area contributed by atoms with Gasteiger partial charge < -0.3 is 9.88 Å². The van der Waals surface area contributed by atoms with Gasteiger partial charge in [-0.15, -0.1) is 10.2 Å². The number of thioether (sulfide) groups is 1. The fourth-order valence-electron chi connectivity index (χ4n) is 2.62. The first-order chi connectivity index (χ1) is 13.1. The molecule has 1 heterocycles. The van der Waals surface area contributed by atoms with Gasteiger partial charge in [0.2, 0.25) is 5.91 Å². The molecule has 0 radical (unpaired) electrons. The minimum atomic E-state index is -0.117. The van der Waals surface area contributed by atoms with Gasteiger partial charge in [0, 0.05) is 18.3 Å². The second kappa shape index (κ2) is 8.52. The van der Waals surface area contributed by atoms with Gasteiger partial charge in [0.05, 0.1) is 18.2 Å². The lowest BCUT2D eigenvalue weighted by atomic mass is 10.1. The maximum absolute atomic E-state index is 12.2. The zero-order chi connectivity index (χ0) is 19.2. The van der Waals surface area contributed by atoms with E-state index in [1.165, 1.54) is 11.8 Å². The Bertz CT molecular complexity index is 988. The van der Waals surface area contributed by atoms with Crippen molar-refractivity contribution < 1.29 is 4.79 Å². The molecule has 1 aromatic heterocycles. The Morgan fingerprint density at radius 2 is 1.93 bits per heavy atom. The van der Waals surface area contributed by atoms with Gasteiger partial charge in [-0.2, -0.15) is 5.26 Å². The Kier molecular flexibility index (Phi) is 5.89. The number of aryl methyl sites for hydroxylation is 1. The van der Waals surface area contributed by atoms with E-state index in [1.807, 2.05) is 54.9 Å². The van der Waals surface area contributed by atoms with Crippen molar-refractivity contribution in [2.75, 3.05) is 11.1 Å². The summed E-state index contributed by atoms with van der Waals surface area (Å²) in [6, 6.07) is 17.4. The quantitative estimate of drug-likeness (QED) is 0.664. The van der Waals surface area contributed by atoms with Crippen molar-refractivity contribution in [1.82, 2.24) is 14.8 Å². The van der Waals surface area contributed by atoms with Crippen molar-refractivity contribution in [3.63, 3.8) is 0 Å². The van der Waals surface area contributed by atoms with E-state index in [2.05, 4.69) is 21.6 Å². The molecule has 0 aliphatic carbocycles. The monoisotopic (exact) mass is 377 g/mol. The third kappa shape index (κ3) is 4.54. The molecule has 3 rings (SSSR count). The van der Waals surface area contributed by atoms with E-state index in [9.17, 15) is 4.79 Å². The summed E-state index contributed by atoms with van der Waals surface area (Å²) in [6.07, 6.45) is 0.361. The molecule has 0 saturated carbocycles. The Morgan fingerprint density at radius 3 is 2.63 bits per heavy atom. The zero-order valence-corrected chi connectivity index (χ0v) is 16.0. The predicted octanol–water partition coefficient (Wildman–Crippen LogP) is 3.59. The standard InChI is InChI=1S/C20H19N5OS/c1-14-5-3-4-6-17(14)19-23-24-20(25(19)2)27-13-18(26)22-16-9-7-15(8-10-16)11-12-21/h3-10H,11,13H2,1-2H3,(H,22,26). The normalized spacial score (nSPS) is 10.4. The van der Waals surface area contributed by atoms with Crippen molar-refractivity contribution in [3.8, 4) is 17.5 Å². The van der Waals surface area contributed by atoms with Crippen LogP contribution >= 0.6 is 11.8 Å². The number of hydrogen-bond donors (Lipinski definition) is 1. The van der Waals surface area contributed by atoms with Crippen molar-refractivity contribution in [1.29, 1.82) is 5.26 Å². The van der Waals surface area contributed by atoms with Gasteiger partial charge in [-0.05, 0) is 30.2 Å². The highest BCUT2D eigenvalue weighted by Crippen LogP contribution is 2.25. The van der Waals surface area contributed by atoms with E-state index < -0.39 is 0 Å². The number of hydrogen-bond acceptors (Lipinski definition) is 5. The molecule has 0 unspecified atom stereocenters. The van der Waals surface area contributed by atoms with Crippen LogP contribution in [0.25, 0.3) is 11.4 Å². The molecule has 3 aromatic rings. The summed E-state index contributed by atoms with van der Waals surface area (Å²) in [6.45, 7) is 2.03. The summed E-state index contributed by atoms with van der Waals surface area (Å²) in [5, 5.41) is 20.7. The van der Waals surface area contributed by atoms with Crippen LogP contribution < -0.4 is 5.32 Å².